The Balaban J connectivity index is 1.58. The molecule has 2 atom stereocenters. The minimum atomic E-state index is -6.00. The van der Waals surface area contributed by atoms with Gasteiger partial charge < -0.3 is 19.0 Å². The number of carbonyl (C=O) groups is 3. The molecule has 16 heteroatoms. The fourth-order valence-corrected chi connectivity index (χ4v) is 5.09. The lowest BCUT2D eigenvalue weighted by molar-refractivity contribution is -0.139. The highest BCUT2D eigenvalue weighted by molar-refractivity contribution is 7.88. The van der Waals surface area contributed by atoms with Crippen LogP contribution in [-0.4, -0.2) is 59.7 Å². The minimum absolute atomic E-state index is 0.0214. The van der Waals surface area contributed by atoms with E-state index >= 15 is 0 Å². The lowest BCUT2D eigenvalue weighted by Gasteiger charge is -2.24. The summed E-state index contributed by atoms with van der Waals surface area (Å²) in [7, 11) is -6.00. The number of likely N-dealkylation sites (tertiary alicyclic amines) is 1. The average molecular weight is 622 g/mol. The Hall–Kier alpha value is -3.72. The van der Waals surface area contributed by atoms with E-state index in [4.69, 9.17) is 11.6 Å². The Labute approximate surface area is 234 Å². The van der Waals surface area contributed by atoms with Crippen LogP contribution < -0.4 is 9.50 Å². The molecular formula is C25H21ClF5N3O6S. The fraction of sp³-hybridized carbons (Fsp3) is 0.320. The van der Waals surface area contributed by atoms with Gasteiger partial charge in [-0.15, -0.1) is 0 Å². The predicted molar refractivity (Wildman–Crippen MR) is 136 cm³/mol. The van der Waals surface area contributed by atoms with Crippen LogP contribution in [0, 0.1) is 5.82 Å². The van der Waals surface area contributed by atoms with Crippen molar-refractivity contribution in [2.24, 2.45) is 0 Å². The standard InChI is InChI=1S/C25H21ClF5N3O6S/c1-13(35)18-11-33(20-8-16(5-6-17(18)20)40-41(38,39)25(29,30)31)12-22(36)34-10-15(27)7-21(34)24(37)32-9-14-3-2-4-19(26)23(14)28/h2-6,8,11,15,21H,7,9-10,12H2,1H3,(H,32,37). The molecule has 0 saturated carbocycles. The predicted octanol–water partition coefficient (Wildman–Crippen LogP) is 4.12. The van der Waals surface area contributed by atoms with Gasteiger partial charge in [-0.3, -0.25) is 14.4 Å². The maximum Gasteiger partial charge on any atom is 0.534 e. The largest absolute Gasteiger partial charge is 0.534 e. The van der Waals surface area contributed by atoms with E-state index < -0.39 is 70.1 Å². The Bertz CT molecular complexity index is 1640. The first-order valence-corrected chi connectivity index (χ1v) is 13.7. The van der Waals surface area contributed by atoms with Crippen molar-refractivity contribution in [1.29, 1.82) is 0 Å². The number of aromatic nitrogens is 1. The molecule has 0 radical (unpaired) electrons. The monoisotopic (exact) mass is 621 g/mol. The van der Waals surface area contributed by atoms with Gasteiger partial charge in [0.15, 0.2) is 5.78 Å². The fourth-order valence-electron chi connectivity index (χ4n) is 4.44. The van der Waals surface area contributed by atoms with Gasteiger partial charge >= 0.3 is 15.6 Å². The number of amides is 2. The number of carbonyl (C=O) groups excluding carboxylic acids is 3. The van der Waals surface area contributed by atoms with Gasteiger partial charge in [0.1, 0.15) is 30.3 Å². The smallest absolute Gasteiger partial charge is 0.376 e. The maximum absolute atomic E-state index is 14.4. The molecule has 220 valence electrons. The molecule has 0 bridgehead atoms. The molecule has 3 aromatic rings. The van der Waals surface area contributed by atoms with Crippen LogP contribution in [0.3, 0.4) is 0 Å². The van der Waals surface area contributed by atoms with Crippen molar-refractivity contribution in [1.82, 2.24) is 14.8 Å². The first-order valence-electron chi connectivity index (χ1n) is 11.9. The van der Waals surface area contributed by atoms with Gasteiger partial charge in [0.05, 0.1) is 17.1 Å². The number of fused-ring (bicyclic) bond motifs is 1. The van der Waals surface area contributed by atoms with Gasteiger partial charge in [0, 0.05) is 41.7 Å². The molecule has 1 aliphatic heterocycles. The van der Waals surface area contributed by atoms with Gasteiger partial charge in [-0.05, 0) is 25.1 Å². The quantitative estimate of drug-likeness (QED) is 0.175. The van der Waals surface area contributed by atoms with Gasteiger partial charge in [-0.2, -0.15) is 21.6 Å². The second-order valence-corrected chi connectivity index (χ2v) is 11.2. The summed E-state index contributed by atoms with van der Waals surface area (Å²) < 4.78 is 95.1. The molecule has 1 aromatic heterocycles. The molecular weight excluding hydrogens is 601 g/mol. The highest BCUT2D eigenvalue weighted by Crippen LogP contribution is 2.31. The Kier molecular flexibility index (Phi) is 8.32. The third-order valence-corrected chi connectivity index (χ3v) is 7.66. The van der Waals surface area contributed by atoms with Crippen LogP contribution in [0.2, 0.25) is 5.02 Å². The molecule has 2 unspecified atom stereocenters. The molecule has 2 amide bonds. The van der Waals surface area contributed by atoms with Crippen molar-refractivity contribution < 1.29 is 48.9 Å². The number of nitrogens with zero attached hydrogens (tertiary/aromatic N) is 2. The zero-order valence-corrected chi connectivity index (χ0v) is 22.6. The van der Waals surface area contributed by atoms with E-state index in [9.17, 15) is 44.8 Å². The first kappa shape index (κ1) is 30.2. The highest BCUT2D eigenvalue weighted by atomic mass is 35.5. The normalized spacial score (nSPS) is 17.6. The van der Waals surface area contributed by atoms with Crippen LogP contribution in [0.25, 0.3) is 10.9 Å². The van der Waals surface area contributed by atoms with Crippen molar-refractivity contribution in [2.45, 2.75) is 44.2 Å². The summed E-state index contributed by atoms with van der Waals surface area (Å²) in [6, 6.07) is 5.91. The maximum atomic E-state index is 14.4. The van der Waals surface area contributed by atoms with Gasteiger partial charge in [0.25, 0.3) is 0 Å². The topological polar surface area (TPSA) is 115 Å². The van der Waals surface area contributed by atoms with Crippen molar-refractivity contribution in [3.63, 3.8) is 0 Å². The number of benzene rings is 2. The van der Waals surface area contributed by atoms with Crippen LogP contribution in [-0.2, 0) is 32.8 Å². The molecule has 1 aliphatic rings. The molecule has 4 rings (SSSR count). The molecule has 0 aliphatic carbocycles. The number of alkyl halides is 4. The molecule has 1 saturated heterocycles. The summed E-state index contributed by atoms with van der Waals surface area (Å²) in [5.41, 5.74) is -5.58. The molecule has 1 fully saturated rings. The van der Waals surface area contributed by atoms with E-state index in [0.717, 1.165) is 27.7 Å². The first-order chi connectivity index (χ1) is 19.1. The molecule has 2 heterocycles. The molecule has 41 heavy (non-hydrogen) atoms. The molecule has 9 nitrogen and oxygen atoms in total. The molecule has 0 spiro atoms. The number of halogens is 6. The number of rotatable bonds is 8. The molecule has 2 aromatic carbocycles. The zero-order valence-electron chi connectivity index (χ0n) is 21.0. The van der Waals surface area contributed by atoms with Crippen molar-refractivity contribution >= 4 is 50.2 Å². The lowest BCUT2D eigenvalue weighted by atomic mass is 10.1. The van der Waals surface area contributed by atoms with E-state index in [0.29, 0.717) is 0 Å². The van der Waals surface area contributed by atoms with Gasteiger partial charge in [-0.25, -0.2) is 8.78 Å². The van der Waals surface area contributed by atoms with Crippen molar-refractivity contribution in [3.8, 4) is 5.75 Å². The Morgan fingerprint density at radius 3 is 2.54 bits per heavy atom. The van der Waals surface area contributed by atoms with Crippen LogP contribution in [0.5, 0.6) is 5.75 Å². The summed E-state index contributed by atoms with van der Waals surface area (Å²) in [5, 5.41) is 2.48. The van der Waals surface area contributed by atoms with E-state index in [2.05, 4.69) is 9.50 Å². The average Bonchev–Trinajstić information content (AvgIpc) is 3.44. The van der Waals surface area contributed by atoms with Crippen LogP contribution in [0.1, 0.15) is 29.3 Å². The number of hydrogen-bond donors (Lipinski definition) is 1. The summed E-state index contributed by atoms with van der Waals surface area (Å²) in [6.07, 6.45) is -0.666. The highest BCUT2D eigenvalue weighted by Gasteiger charge is 2.48. The Morgan fingerprint density at radius 2 is 1.88 bits per heavy atom. The third kappa shape index (κ3) is 6.30. The third-order valence-electron chi connectivity index (χ3n) is 6.39. The van der Waals surface area contributed by atoms with Crippen molar-refractivity contribution in [2.75, 3.05) is 6.54 Å². The zero-order chi connectivity index (χ0) is 30.3. The summed E-state index contributed by atoms with van der Waals surface area (Å²) in [6.45, 7) is -0.108. The van der Waals surface area contributed by atoms with E-state index in [1.165, 1.54) is 31.3 Å². The van der Waals surface area contributed by atoms with Crippen LogP contribution in [0.15, 0.2) is 42.6 Å². The lowest BCUT2D eigenvalue weighted by Crippen LogP contribution is -2.46. The number of ketones is 1. The number of Topliss-reactive ketones (excluding diaryl/α,β-unsaturated/α-hetero) is 1. The van der Waals surface area contributed by atoms with Crippen molar-refractivity contribution in [3.05, 3.63) is 64.6 Å². The van der Waals surface area contributed by atoms with E-state index in [-0.39, 0.29) is 40.0 Å². The Morgan fingerprint density at radius 1 is 1.17 bits per heavy atom. The summed E-state index contributed by atoms with van der Waals surface area (Å²) >= 11 is 5.74. The summed E-state index contributed by atoms with van der Waals surface area (Å²) in [4.78, 5) is 39.2. The van der Waals surface area contributed by atoms with Gasteiger partial charge in [0.2, 0.25) is 11.8 Å². The second-order valence-electron chi connectivity index (χ2n) is 9.21. The van der Waals surface area contributed by atoms with Crippen LogP contribution in [0.4, 0.5) is 22.0 Å². The SMILES string of the molecule is CC(=O)c1cn(CC(=O)N2CC(F)CC2C(=O)NCc2cccc(Cl)c2F)c2cc(OS(=O)(=O)C(F)(F)F)ccc12. The van der Waals surface area contributed by atoms with E-state index in [1.54, 1.807) is 0 Å². The number of nitrogens with one attached hydrogen (secondary N) is 1. The van der Waals surface area contributed by atoms with Crippen LogP contribution >= 0.6 is 11.6 Å². The molecule has 1 N–H and O–H groups in total. The second kappa shape index (κ2) is 11.3. The summed E-state index contributed by atoms with van der Waals surface area (Å²) in [5.74, 6) is -3.47. The van der Waals surface area contributed by atoms with Gasteiger partial charge in [-0.1, -0.05) is 23.7 Å². The number of hydrogen-bond acceptors (Lipinski definition) is 6. The minimum Gasteiger partial charge on any atom is -0.376 e. The van der Waals surface area contributed by atoms with E-state index in [1.807, 2.05) is 0 Å².